The van der Waals surface area contributed by atoms with E-state index in [1.54, 1.807) is 7.11 Å². The number of hydrogen-bond donors (Lipinski definition) is 0. The summed E-state index contributed by atoms with van der Waals surface area (Å²) in [5.74, 6) is 2.04. The van der Waals surface area contributed by atoms with Gasteiger partial charge in [0, 0.05) is 6.54 Å². The average molecular weight is 395 g/mol. The lowest BCUT2D eigenvalue weighted by Gasteiger charge is -2.25. The Hall–Kier alpha value is -2.95. The van der Waals surface area contributed by atoms with Crippen molar-refractivity contribution in [1.82, 2.24) is 4.90 Å². The van der Waals surface area contributed by atoms with Gasteiger partial charge in [0.05, 0.1) is 19.8 Å². The molecule has 5 nitrogen and oxygen atoms in total. The van der Waals surface area contributed by atoms with Gasteiger partial charge in [-0.1, -0.05) is 30.4 Å². The molecule has 0 radical (unpaired) electrons. The highest BCUT2D eigenvalue weighted by Crippen LogP contribution is 2.33. The van der Waals surface area contributed by atoms with Crippen LogP contribution in [0.5, 0.6) is 17.2 Å². The molecule has 1 atom stereocenters. The summed E-state index contributed by atoms with van der Waals surface area (Å²) in [4.78, 5) is 14.8. The summed E-state index contributed by atoms with van der Waals surface area (Å²) in [6.45, 7) is 5.31. The molecule has 0 aromatic heterocycles. The van der Waals surface area contributed by atoms with Crippen molar-refractivity contribution in [2.24, 2.45) is 0 Å². The molecule has 154 valence electrons. The Morgan fingerprint density at radius 3 is 2.62 bits per heavy atom. The minimum absolute atomic E-state index is 0.00709. The average Bonchev–Trinajstić information content (AvgIpc) is 3.23. The van der Waals surface area contributed by atoms with Gasteiger partial charge in [-0.25, -0.2) is 0 Å². The SMILES string of the molecule is C/C=C/c1ccc(OCC(=O)N2CCCC2c2ccc(OCC)cc2)c(OC)c1. The molecule has 1 aliphatic heterocycles. The number of ether oxygens (including phenoxy) is 3. The van der Waals surface area contributed by atoms with Crippen LogP contribution in [0.4, 0.5) is 0 Å². The van der Waals surface area contributed by atoms with Crippen LogP contribution in [-0.4, -0.2) is 37.7 Å². The molecule has 3 rings (SSSR count). The first-order valence-electron chi connectivity index (χ1n) is 10.1. The van der Waals surface area contributed by atoms with Crippen LogP contribution >= 0.6 is 0 Å². The second-order valence-electron chi connectivity index (χ2n) is 6.95. The Balaban J connectivity index is 1.65. The maximum Gasteiger partial charge on any atom is 0.261 e. The molecule has 0 saturated carbocycles. The molecule has 0 spiro atoms. The highest BCUT2D eigenvalue weighted by Gasteiger charge is 2.30. The quantitative estimate of drug-likeness (QED) is 0.640. The standard InChI is InChI=1S/C24H29NO4/c1-4-7-18-9-14-22(23(16-18)27-3)29-17-24(26)25-15-6-8-21(25)19-10-12-20(13-11-19)28-5-2/h4,7,9-14,16,21H,5-6,8,15,17H2,1-3H3/b7-4+. The number of rotatable bonds is 8. The van der Waals surface area contributed by atoms with Gasteiger partial charge in [-0.05, 0) is 62.1 Å². The molecule has 2 aromatic rings. The fraction of sp³-hybridized carbons (Fsp3) is 0.375. The Labute approximate surface area is 172 Å². The highest BCUT2D eigenvalue weighted by atomic mass is 16.5. The number of nitrogens with zero attached hydrogens (tertiary/aromatic N) is 1. The monoisotopic (exact) mass is 395 g/mol. The highest BCUT2D eigenvalue weighted by molar-refractivity contribution is 5.78. The molecule has 0 N–H and O–H groups in total. The lowest BCUT2D eigenvalue weighted by Crippen LogP contribution is -2.34. The molecule has 2 aromatic carbocycles. The van der Waals surface area contributed by atoms with Gasteiger partial charge in [-0.15, -0.1) is 0 Å². The zero-order valence-electron chi connectivity index (χ0n) is 17.4. The third kappa shape index (κ3) is 5.11. The van der Waals surface area contributed by atoms with Crippen LogP contribution in [0.1, 0.15) is 43.9 Å². The number of likely N-dealkylation sites (tertiary alicyclic amines) is 1. The predicted octanol–water partition coefficient (Wildman–Crippen LogP) is 4.87. The fourth-order valence-electron chi connectivity index (χ4n) is 3.69. The van der Waals surface area contributed by atoms with Crippen LogP contribution in [0.15, 0.2) is 48.5 Å². The second-order valence-corrected chi connectivity index (χ2v) is 6.95. The largest absolute Gasteiger partial charge is 0.494 e. The molecule has 0 bridgehead atoms. The smallest absolute Gasteiger partial charge is 0.261 e. The molecule has 29 heavy (non-hydrogen) atoms. The van der Waals surface area contributed by atoms with E-state index in [2.05, 4.69) is 0 Å². The Morgan fingerprint density at radius 1 is 1.14 bits per heavy atom. The van der Waals surface area contributed by atoms with Crippen LogP contribution in [0.25, 0.3) is 6.08 Å². The summed E-state index contributed by atoms with van der Waals surface area (Å²) in [7, 11) is 1.60. The molecule has 1 saturated heterocycles. The number of carbonyl (C=O) groups is 1. The Bertz CT molecular complexity index is 844. The first-order valence-corrected chi connectivity index (χ1v) is 10.1. The van der Waals surface area contributed by atoms with E-state index in [-0.39, 0.29) is 18.6 Å². The van der Waals surface area contributed by atoms with E-state index < -0.39 is 0 Å². The van der Waals surface area contributed by atoms with Crippen LogP contribution in [0.3, 0.4) is 0 Å². The Morgan fingerprint density at radius 2 is 1.93 bits per heavy atom. The Kier molecular flexibility index (Phi) is 7.17. The summed E-state index contributed by atoms with van der Waals surface area (Å²) in [5, 5.41) is 0. The minimum atomic E-state index is -0.0130. The minimum Gasteiger partial charge on any atom is -0.494 e. The van der Waals surface area contributed by atoms with Gasteiger partial charge >= 0.3 is 0 Å². The summed E-state index contributed by atoms with van der Waals surface area (Å²) in [6.07, 6.45) is 5.91. The van der Waals surface area contributed by atoms with Crippen molar-refractivity contribution in [2.45, 2.75) is 32.7 Å². The molecule has 0 aliphatic carbocycles. The second kappa shape index (κ2) is 10.0. The van der Waals surface area contributed by atoms with E-state index in [1.807, 2.05) is 73.4 Å². The molecule has 1 amide bonds. The van der Waals surface area contributed by atoms with Crippen molar-refractivity contribution in [2.75, 3.05) is 26.9 Å². The van der Waals surface area contributed by atoms with E-state index in [1.165, 1.54) is 0 Å². The van der Waals surface area contributed by atoms with Gasteiger partial charge in [0.2, 0.25) is 0 Å². The summed E-state index contributed by atoms with van der Waals surface area (Å²) < 4.78 is 16.7. The van der Waals surface area contributed by atoms with Crippen LogP contribution in [0.2, 0.25) is 0 Å². The van der Waals surface area contributed by atoms with Gasteiger partial charge in [-0.3, -0.25) is 4.79 Å². The molecular formula is C24H29NO4. The molecule has 1 unspecified atom stereocenters. The third-order valence-electron chi connectivity index (χ3n) is 5.05. The van der Waals surface area contributed by atoms with Gasteiger partial charge in [0.1, 0.15) is 5.75 Å². The normalized spacial score (nSPS) is 16.2. The summed E-state index contributed by atoms with van der Waals surface area (Å²) >= 11 is 0. The summed E-state index contributed by atoms with van der Waals surface area (Å²) in [5.41, 5.74) is 2.16. The number of allylic oxidation sites excluding steroid dienone is 1. The number of amides is 1. The fourth-order valence-corrected chi connectivity index (χ4v) is 3.69. The number of hydrogen-bond acceptors (Lipinski definition) is 4. The van der Waals surface area contributed by atoms with E-state index in [0.29, 0.717) is 18.1 Å². The molecule has 5 heteroatoms. The van der Waals surface area contributed by atoms with Gasteiger partial charge in [-0.2, -0.15) is 0 Å². The first kappa shape index (κ1) is 20.8. The summed E-state index contributed by atoms with van der Waals surface area (Å²) in [6, 6.07) is 13.8. The molecular weight excluding hydrogens is 366 g/mol. The number of benzene rings is 2. The van der Waals surface area contributed by atoms with Crippen LogP contribution in [0, 0.1) is 0 Å². The lowest BCUT2D eigenvalue weighted by molar-refractivity contribution is -0.134. The number of methoxy groups -OCH3 is 1. The van der Waals surface area contributed by atoms with E-state index in [4.69, 9.17) is 14.2 Å². The first-order chi connectivity index (χ1) is 14.2. The zero-order chi connectivity index (χ0) is 20.6. The maximum atomic E-state index is 12.9. The third-order valence-corrected chi connectivity index (χ3v) is 5.05. The van der Waals surface area contributed by atoms with Crippen molar-refractivity contribution in [1.29, 1.82) is 0 Å². The van der Waals surface area contributed by atoms with Crippen molar-refractivity contribution >= 4 is 12.0 Å². The van der Waals surface area contributed by atoms with Gasteiger partial charge in [0.25, 0.3) is 5.91 Å². The van der Waals surface area contributed by atoms with E-state index >= 15 is 0 Å². The van der Waals surface area contributed by atoms with Gasteiger partial charge < -0.3 is 19.1 Å². The van der Waals surface area contributed by atoms with E-state index in [0.717, 1.165) is 36.3 Å². The van der Waals surface area contributed by atoms with E-state index in [9.17, 15) is 4.79 Å². The van der Waals surface area contributed by atoms with Crippen LogP contribution in [-0.2, 0) is 4.79 Å². The lowest BCUT2D eigenvalue weighted by atomic mass is 10.0. The topological polar surface area (TPSA) is 48.0 Å². The maximum absolute atomic E-state index is 12.9. The van der Waals surface area contributed by atoms with Crippen molar-refractivity contribution in [3.8, 4) is 17.2 Å². The zero-order valence-corrected chi connectivity index (χ0v) is 17.4. The molecule has 1 heterocycles. The van der Waals surface area contributed by atoms with Crippen molar-refractivity contribution in [3.63, 3.8) is 0 Å². The number of carbonyl (C=O) groups excluding carboxylic acids is 1. The van der Waals surface area contributed by atoms with Crippen molar-refractivity contribution < 1.29 is 19.0 Å². The molecule has 1 fully saturated rings. The predicted molar refractivity (Wildman–Crippen MR) is 114 cm³/mol. The molecule has 1 aliphatic rings. The van der Waals surface area contributed by atoms with Gasteiger partial charge in [0.15, 0.2) is 18.1 Å². The van der Waals surface area contributed by atoms with Crippen molar-refractivity contribution in [3.05, 3.63) is 59.7 Å². The van der Waals surface area contributed by atoms with Crippen LogP contribution < -0.4 is 14.2 Å².